The average molecular weight is 304 g/mol. The zero-order valence-corrected chi connectivity index (χ0v) is 12.6. The van der Waals surface area contributed by atoms with Crippen molar-refractivity contribution < 1.29 is 14.7 Å². The normalized spacial score (nSPS) is 10.2. The lowest BCUT2D eigenvalue weighted by Crippen LogP contribution is -2.37. The number of carbonyl (C=O) groups is 2. The number of carbonyl (C=O) groups excluding carboxylic acids is 1. The maximum Gasteiger partial charge on any atom is 0.337 e. The molecule has 1 heterocycles. The van der Waals surface area contributed by atoms with Crippen LogP contribution in [0.25, 0.3) is 0 Å². The Bertz CT molecular complexity index is 666. The molecule has 1 aromatic carbocycles. The molecular formula is C15H16N2O3S. The molecule has 5 nitrogen and oxygen atoms in total. The SMILES string of the molecule is Cc1ccc(CNC(=O)N(C)c2ccccc2C(=O)O)s1. The molecule has 0 aliphatic heterocycles. The standard InChI is InChI=1S/C15H16N2O3S/c1-10-7-8-11(21-10)9-16-15(20)17(2)13-6-4-3-5-12(13)14(18)19/h3-8H,9H2,1-2H3,(H,16,20)(H,18,19). The fourth-order valence-electron chi connectivity index (χ4n) is 1.92. The van der Waals surface area contributed by atoms with Crippen LogP contribution < -0.4 is 10.2 Å². The Morgan fingerprint density at radius 3 is 2.57 bits per heavy atom. The summed E-state index contributed by atoms with van der Waals surface area (Å²) in [6.45, 7) is 2.43. The van der Waals surface area contributed by atoms with Gasteiger partial charge in [-0.25, -0.2) is 9.59 Å². The van der Waals surface area contributed by atoms with Crippen molar-refractivity contribution in [3.05, 3.63) is 51.7 Å². The zero-order chi connectivity index (χ0) is 15.4. The van der Waals surface area contributed by atoms with E-state index in [1.54, 1.807) is 36.6 Å². The third-order valence-corrected chi connectivity index (χ3v) is 4.01. The van der Waals surface area contributed by atoms with Crippen LogP contribution >= 0.6 is 11.3 Å². The minimum atomic E-state index is -1.06. The number of carboxylic acids is 1. The summed E-state index contributed by atoms with van der Waals surface area (Å²) in [7, 11) is 1.55. The van der Waals surface area contributed by atoms with Crippen molar-refractivity contribution in [2.24, 2.45) is 0 Å². The van der Waals surface area contributed by atoms with E-state index in [4.69, 9.17) is 5.11 Å². The Hall–Kier alpha value is -2.34. The van der Waals surface area contributed by atoms with Crippen molar-refractivity contribution in [1.29, 1.82) is 0 Å². The van der Waals surface area contributed by atoms with E-state index in [9.17, 15) is 9.59 Å². The van der Waals surface area contributed by atoms with Gasteiger partial charge >= 0.3 is 12.0 Å². The molecule has 2 aromatic rings. The van der Waals surface area contributed by atoms with Crippen LogP contribution in [0.15, 0.2) is 36.4 Å². The number of amides is 2. The summed E-state index contributed by atoms with van der Waals surface area (Å²) in [5, 5.41) is 11.9. The number of benzene rings is 1. The molecular weight excluding hydrogens is 288 g/mol. The summed E-state index contributed by atoms with van der Waals surface area (Å²) in [5.74, 6) is -1.06. The largest absolute Gasteiger partial charge is 0.478 e. The molecule has 0 bridgehead atoms. The van der Waals surface area contributed by atoms with E-state index in [1.165, 1.54) is 15.8 Å². The van der Waals surface area contributed by atoms with Crippen LogP contribution in [0.4, 0.5) is 10.5 Å². The lowest BCUT2D eigenvalue weighted by atomic mass is 10.1. The van der Waals surface area contributed by atoms with E-state index in [0.29, 0.717) is 12.2 Å². The second kappa shape index (κ2) is 6.41. The van der Waals surface area contributed by atoms with Gasteiger partial charge in [0.05, 0.1) is 17.8 Å². The molecule has 0 unspecified atom stereocenters. The Labute approximate surface area is 126 Å². The summed E-state index contributed by atoms with van der Waals surface area (Å²) < 4.78 is 0. The molecule has 0 saturated carbocycles. The number of urea groups is 1. The quantitative estimate of drug-likeness (QED) is 0.912. The molecule has 0 aliphatic rings. The summed E-state index contributed by atoms with van der Waals surface area (Å²) in [6, 6.07) is 10.0. The molecule has 1 aromatic heterocycles. The average Bonchev–Trinajstić information content (AvgIpc) is 2.89. The smallest absolute Gasteiger partial charge is 0.337 e. The van der Waals surface area contributed by atoms with Crippen molar-refractivity contribution in [1.82, 2.24) is 5.32 Å². The molecule has 0 spiro atoms. The Kier molecular flexibility index (Phi) is 4.59. The molecule has 2 rings (SSSR count). The number of para-hydroxylation sites is 1. The maximum absolute atomic E-state index is 12.1. The van der Waals surface area contributed by atoms with Gasteiger partial charge in [0.15, 0.2) is 0 Å². The van der Waals surface area contributed by atoms with Crippen molar-refractivity contribution in [3.8, 4) is 0 Å². The predicted octanol–water partition coefficient (Wildman–Crippen LogP) is 3.10. The highest BCUT2D eigenvalue weighted by Gasteiger charge is 2.17. The highest BCUT2D eigenvalue weighted by molar-refractivity contribution is 7.11. The van der Waals surface area contributed by atoms with E-state index >= 15 is 0 Å². The number of hydrogen-bond acceptors (Lipinski definition) is 3. The molecule has 21 heavy (non-hydrogen) atoms. The molecule has 0 aliphatic carbocycles. The van der Waals surface area contributed by atoms with Gasteiger partial charge in [0.2, 0.25) is 0 Å². The van der Waals surface area contributed by atoms with Crippen LogP contribution in [0.2, 0.25) is 0 Å². The summed E-state index contributed by atoms with van der Waals surface area (Å²) in [6.07, 6.45) is 0. The Morgan fingerprint density at radius 1 is 1.24 bits per heavy atom. The van der Waals surface area contributed by atoms with Crippen LogP contribution in [0, 0.1) is 6.92 Å². The first-order chi connectivity index (χ1) is 9.99. The molecule has 2 amide bonds. The maximum atomic E-state index is 12.1. The van der Waals surface area contributed by atoms with Crippen LogP contribution in [-0.2, 0) is 6.54 Å². The highest BCUT2D eigenvalue weighted by atomic mass is 32.1. The van der Waals surface area contributed by atoms with E-state index in [2.05, 4.69) is 5.32 Å². The number of aromatic carboxylic acids is 1. The molecule has 2 N–H and O–H groups in total. The van der Waals surface area contributed by atoms with E-state index in [-0.39, 0.29) is 11.6 Å². The lowest BCUT2D eigenvalue weighted by molar-refractivity contribution is 0.0697. The monoisotopic (exact) mass is 304 g/mol. The number of hydrogen-bond donors (Lipinski definition) is 2. The van der Waals surface area contributed by atoms with Crippen molar-refractivity contribution in [2.45, 2.75) is 13.5 Å². The van der Waals surface area contributed by atoms with Gasteiger partial charge in [-0.2, -0.15) is 0 Å². The van der Waals surface area contributed by atoms with Gasteiger partial charge in [-0.15, -0.1) is 11.3 Å². The number of carboxylic acid groups (broad SMARTS) is 1. The third kappa shape index (κ3) is 3.61. The third-order valence-electron chi connectivity index (χ3n) is 3.01. The van der Waals surface area contributed by atoms with Crippen LogP contribution in [0.5, 0.6) is 0 Å². The van der Waals surface area contributed by atoms with Crippen molar-refractivity contribution in [2.75, 3.05) is 11.9 Å². The first-order valence-corrected chi connectivity index (χ1v) is 7.20. The van der Waals surface area contributed by atoms with Gasteiger partial charge in [0, 0.05) is 16.8 Å². The second-order valence-corrected chi connectivity index (χ2v) is 5.92. The molecule has 0 fully saturated rings. The van der Waals surface area contributed by atoms with Gasteiger partial charge in [-0.1, -0.05) is 12.1 Å². The fourth-order valence-corrected chi connectivity index (χ4v) is 2.75. The van der Waals surface area contributed by atoms with Gasteiger partial charge in [0.1, 0.15) is 0 Å². The number of nitrogens with one attached hydrogen (secondary N) is 1. The summed E-state index contributed by atoms with van der Waals surface area (Å²) >= 11 is 1.62. The summed E-state index contributed by atoms with van der Waals surface area (Å²) in [5.41, 5.74) is 0.465. The minimum absolute atomic E-state index is 0.0992. The molecule has 0 radical (unpaired) electrons. The predicted molar refractivity (Wildman–Crippen MR) is 83.1 cm³/mol. The van der Waals surface area contributed by atoms with Crippen LogP contribution in [0.3, 0.4) is 0 Å². The number of rotatable bonds is 4. The Balaban J connectivity index is 2.07. The van der Waals surface area contributed by atoms with Gasteiger partial charge in [-0.3, -0.25) is 4.90 Å². The number of thiophene rings is 1. The molecule has 110 valence electrons. The van der Waals surface area contributed by atoms with Gasteiger partial charge < -0.3 is 10.4 Å². The number of anilines is 1. The van der Waals surface area contributed by atoms with Crippen molar-refractivity contribution >= 4 is 29.0 Å². The van der Waals surface area contributed by atoms with Crippen LogP contribution in [-0.4, -0.2) is 24.2 Å². The molecule has 0 saturated heterocycles. The molecule has 6 heteroatoms. The first-order valence-electron chi connectivity index (χ1n) is 6.38. The van der Waals surface area contributed by atoms with E-state index in [1.807, 2.05) is 19.1 Å². The lowest BCUT2D eigenvalue weighted by Gasteiger charge is -2.19. The minimum Gasteiger partial charge on any atom is -0.478 e. The highest BCUT2D eigenvalue weighted by Crippen LogP contribution is 2.19. The van der Waals surface area contributed by atoms with Crippen molar-refractivity contribution in [3.63, 3.8) is 0 Å². The zero-order valence-electron chi connectivity index (χ0n) is 11.8. The van der Waals surface area contributed by atoms with Gasteiger partial charge in [-0.05, 0) is 31.2 Å². The van der Waals surface area contributed by atoms with Crippen LogP contribution in [0.1, 0.15) is 20.1 Å². The number of nitrogens with zero attached hydrogens (tertiary/aromatic N) is 1. The fraction of sp³-hybridized carbons (Fsp3) is 0.200. The second-order valence-electron chi connectivity index (χ2n) is 4.55. The van der Waals surface area contributed by atoms with E-state index in [0.717, 1.165) is 4.88 Å². The molecule has 0 atom stereocenters. The Morgan fingerprint density at radius 2 is 1.95 bits per heavy atom. The van der Waals surface area contributed by atoms with E-state index < -0.39 is 5.97 Å². The first kappa shape index (κ1) is 15.1. The topological polar surface area (TPSA) is 69.6 Å². The van der Waals surface area contributed by atoms with Gasteiger partial charge in [0.25, 0.3) is 0 Å². The summed E-state index contributed by atoms with van der Waals surface area (Å²) in [4.78, 5) is 26.8. The number of aryl methyl sites for hydroxylation is 1.